The maximum absolute atomic E-state index is 13.2. The first-order chi connectivity index (χ1) is 23.6. The molecule has 254 valence electrons. The summed E-state index contributed by atoms with van der Waals surface area (Å²) < 4.78 is 0. The van der Waals surface area contributed by atoms with E-state index in [1.807, 2.05) is 6.07 Å². The highest BCUT2D eigenvalue weighted by molar-refractivity contribution is 6.40. The van der Waals surface area contributed by atoms with Crippen molar-refractivity contribution in [2.45, 2.75) is 37.8 Å². The van der Waals surface area contributed by atoms with Crippen LogP contribution in [0.2, 0.25) is 10.0 Å². The number of nitrogens with one attached hydrogen (secondary N) is 4. The summed E-state index contributed by atoms with van der Waals surface area (Å²) in [6, 6.07) is 8.89. The number of anilines is 2. The summed E-state index contributed by atoms with van der Waals surface area (Å²) in [5.41, 5.74) is 1.84. The lowest BCUT2D eigenvalue weighted by molar-refractivity contribution is -0.136. The number of halogens is 2. The number of amides is 6. The fraction of sp³-hybridized carbons (Fsp3) is 0.364. The Bertz CT molecular complexity index is 1860. The molecule has 49 heavy (non-hydrogen) atoms. The highest BCUT2D eigenvalue weighted by Gasteiger charge is 2.45. The van der Waals surface area contributed by atoms with E-state index in [0.29, 0.717) is 5.92 Å². The summed E-state index contributed by atoms with van der Waals surface area (Å²) in [6.07, 6.45) is 3.08. The number of carbonyl (C=O) groups is 6. The van der Waals surface area contributed by atoms with Gasteiger partial charge in [0.05, 0.1) is 38.6 Å². The Kier molecular flexibility index (Phi) is 8.86. The molecule has 0 saturated carbocycles. The van der Waals surface area contributed by atoms with Gasteiger partial charge in [-0.25, -0.2) is 0 Å². The molecule has 6 amide bonds. The fourth-order valence-electron chi connectivity index (χ4n) is 6.89. The van der Waals surface area contributed by atoms with Crippen LogP contribution in [0.1, 0.15) is 67.2 Å². The van der Waals surface area contributed by atoms with E-state index in [0.717, 1.165) is 56.2 Å². The van der Waals surface area contributed by atoms with Crippen LogP contribution in [0, 0.1) is 5.92 Å². The van der Waals surface area contributed by atoms with E-state index in [4.69, 9.17) is 23.2 Å². The molecule has 0 bridgehead atoms. The number of aromatic nitrogens is 2. The molecule has 16 heteroatoms. The smallest absolute Gasteiger partial charge is 0.271 e. The summed E-state index contributed by atoms with van der Waals surface area (Å²) in [6.45, 7) is 4.10. The van der Waals surface area contributed by atoms with E-state index >= 15 is 0 Å². The zero-order valence-corrected chi connectivity index (χ0v) is 27.6. The number of hydrogen-bond donors (Lipinski definition) is 4. The molecule has 4 N–H and O–H groups in total. The van der Waals surface area contributed by atoms with E-state index in [1.165, 1.54) is 6.20 Å². The van der Waals surface area contributed by atoms with Crippen molar-refractivity contribution in [3.05, 3.63) is 75.0 Å². The molecule has 1 atom stereocenters. The first-order valence-electron chi connectivity index (χ1n) is 16.0. The Morgan fingerprint density at radius 1 is 0.918 bits per heavy atom. The van der Waals surface area contributed by atoms with Crippen molar-refractivity contribution in [3.63, 3.8) is 0 Å². The highest BCUT2D eigenvalue weighted by Crippen LogP contribution is 2.33. The molecular formula is C33H32Cl2N8O6. The van der Waals surface area contributed by atoms with Crippen LogP contribution in [-0.2, 0) is 9.59 Å². The van der Waals surface area contributed by atoms with Gasteiger partial charge in [0.25, 0.3) is 23.6 Å². The maximum atomic E-state index is 13.2. The summed E-state index contributed by atoms with van der Waals surface area (Å²) in [4.78, 5) is 81.5. The maximum Gasteiger partial charge on any atom is 0.271 e. The quantitative estimate of drug-likeness (QED) is 0.257. The Morgan fingerprint density at radius 2 is 1.63 bits per heavy atom. The molecule has 3 saturated heterocycles. The number of fused-ring (bicyclic) bond motifs is 1. The van der Waals surface area contributed by atoms with Crippen LogP contribution in [0.3, 0.4) is 0 Å². The minimum Gasteiger partial charge on any atom is -0.371 e. The molecule has 2 aromatic carbocycles. The molecule has 3 aromatic rings. The van der Waals surface area contributed by atoms with Gasteiger partial charge in [0, 0.05) is 56.8 Å². The predicted molar refractivity (Wildman–Crippen MR) is 179 cm³/mol. The second kappa shape index (κ2) is 13.3. The molecule has 0 radical (unpaired) electrons. The first-order valence-corrected chi connectivity index (χ1v) is 16.8. The van der Waals surface area contributed by atoms with E-state index in [1.54, 1.807) is 30.3 Å². The van der Waals surface area contributed by atoms with Crippen LogP contribution < -0.4 is 20.9 Å². The fourth-order valence-corrected chi connectivity index (χ4v) is 7.46. The van der Waals surface area contributed by atoms with Crippen LogP contribution >= 0.6 is 23.2 Å². The van der Waals surface area contributed by atoms with E-state index in [-0.39, 0.29) is 62.9 Å². The van der Waals surface area contributed by atoms with Gasteiger partial charge in [0.1, 0.15) is 11.7 Å². The van der Waals surface area contributed by atoms with Crippen molar-refractivity contribution < 1.29 is 28.8 Å². The van der Waals surface area contributed by atoms with Gasteiger partial charge in [-0.2, -0.15) is 5.10 Å². The minimum atomic E-state index is -0.991. The van der Waals surface area contributed by atoms with Crippen molar-refractivity contribution in [3.8, 4) is 0 Å². The van der Waals surface area contributed by atoms with Crippen LogP contribution in [0.25, 0.3) is 0 Å². The van der Waals surface area contributed by atoms with Crippen molar-refractivity contribution >= 4 is 70.0 Å². The van der Waals surface area contributed by atoms with E-state index < -0.39 is 35.6 Å². The van der Waals surface area contributed by atoms with Gasteiger partial charge in [0.15, 0.2) is 0 Å². The monoisotopic (exact) mass is 706 g/mol. The first kappa shape index (κ1) is 32.7. The number of likely N-dealkylation sites (tertiary alicyclic amines) is 1. The van der Waals surface area contributed by atoms with Crippen molar-refractivity contribution in [1.29, 1.82) is 0 Å². The van der Waals surface area contributed by atoms with Crippen molar-refractivity contribution in [2.24, 2.45) is 5.92 Å². The average molecular weight is 708 g/mol. The molecule has 14 nitrogen and oxygen atoms in total. The topological polar surface area (TPSA) is 177 Å². The molecule has 4 aliphatic heterocycles. The zero-order valence-electron chi connectivity index (χ0n) is 26.1. The molecule has 3 fully saturated rings. The SMILES string of the molecule is O=C1CCC(N2C(=O)c3ccc(N4CC(CN5CCC(NC(=O)c6[nH]ncc6NC(=O)c6c(Cl)cccc6Cl)CC5)C4)cc3C2=O)C(=O)N1. The van der Waals surface area contributed by atoms with Crippen LogP contribution in [0.4, 0.5) is 11.4 Å². The predicted octanol–water partition coefficient (Wildman–Crippen LogP) is 2.70. The number of hydrogen-bond acceptors (Lipinski definition) is 9. The van der Waals surface area contributed by atoms with Gasteiger partial charge in [-0.05, 0) is 49.6 Å². The van der Waals surface area contributed by atoms with Gasteiger partial charge in [0.2, 0.25) is 11.8 Å². The van der Waals surface area contributed by atoms with Crippen LogP contribution in [0.15, 0.2) is 42.6 Å². The third kappa shape index (κ3) is 6.38. The van der Waals surface area contributed by atoms with E-state index in [2.05, 4.69) is 35.9 Å². The van der Waals surface area contributed by atoms with Crippen molar-refractivity contribution in [1.82, 2.24) is 30.6 Å². The molecule has 7 rings (SSSR count). The Hall–Kier alpha value is -4.79. The molecule has 4 aliphatic rings. The van der Waals surface area contributed by atoms with Crippen LogP contribution in [-0.4, -0.2) is 100 Å². The lowest BCUT2D eigenvalue weighted by atomic mass is 9.95. The molecular weight excluding hydrogens is 675 g/mol. The molecule has 0 aliphatic carbocycles. The number of benzene rings is 2. The van der Waals surface area contributed by atoms with Gasteiger partial charge in [-0.15, -0.1) is 0 Å². The second-order valence-corrected chi connectivity index (χ2v) is 13.5. The summed E-state index contributed by atoms with van der Waals surface area (Å²) in [5, 5.41) is 14.9. The van der Waals surface area contributed by atoms with Gasteiger partial charge < -0.3 is 20.4 Å². The number of rotatable bonds is 8. The van der Waals surface area contributed by atoms with Crippen LogP contribution in [0.5, 0.6) is 0 Å². The number of piperidine rings is 2. The van der Waals surface area contributed by atoms with Gasteiger partial charge in [-0.3, -0.25) is 44.1 Å². The molecule has 5 heterocycles. The Morgan fingerprint density at radius 3 is 2.35 bits per heavy atom. The standard InChI is InChI=1S/C33H32Cl2N8O6/c34-22-2-1-3-23(35)27(22)30(46)38-24-13-36-40-28(24)31(47)37-18-8-10-41(11-9-18)14-17-15-42(16-17)19-4-5-20-21(12-19)33(49)43(32(20)48)25-6-7-26(44)39-29(25)45/h1-5,12-13,17-18,25H,6-11,14-16H2,(H,36,40)(H,37,47)(H,38,46)(H,39,44,45). The summed E-state index contributed by atoms with van der Waals surface area (Å²) >= 11 is 12.3. The summed E-state index contributed by atoms with van der Waals surface area (Å²) in [5.74, 6) is -2.58. The number of H-pyrrole nitrogens is 1. The largest absolute Gasteiger partial charge is 0.371 e. The Labute approximate surface area is 290 Å². The Balaban J connectivity index is 0.875. The minimum absolute atomic E-state index is 0.0436. The molecule has 0 spiro atoms. The molecule has 1 aromatic heterocycles. The third-order valence-corrected chi connectivity index (χ3v) is 10.1. The normalized spacial score (nSPS) is 20.2. The van der Waals surface area contributed by atoms with Crippen molar-refractivity contribution in [2.75, 3.05) is 42.9 Å². The average Bonchev–Trinajstić information content (AvgIpc) is 3.61. The zero-order chi connectivity index (χ0) is 34.4. The number of aromatic amines is 1. The number of carbonyl (C=O) groups excluding carboxylic acids is 6. The lowest BCUT2D eigenvalue weighted by Crippen LogP contribution is -2.54. The third-order valence-electron chi connectivity index (χ3n) is 9.49. The van der Waals surface area contributed by atoms with E-state index in [9.17, 15) is 28.8 Å². The highest BCUT2D eigenvalue weighted by atomic mass is 35.5. The second-order valence-electron chi connectivity index (χ2n) is 12.7. The van der Waals surface area contributed by atoms with Gasteiger partial charge in [-0.1, -0.05) is 29.3 Å². The number of nitrogens with zero attached hydrogens (tertiary/aromatic N) is 4. The lowest BCUT2D eigenvalue weighted by Gasteiger charge is -2.44. The van der Waals surface area contributed by atoms with Gasteiger partial charge >= 0.3 is 0 Å². The number of imide groups is 2. The molecule has 1 unspecified atom stereocenters. The summed E-state index contributed by atoms with van der Waals surface area (Å²) in [7, 11) is 0.